The van der Waals surface area contributed by atoms with Gasteiger partial charge in [-0.15, -0.1) is 0 Å². The summed E-state index contributed by atoms with van der Waals surface area (Å²) in [6.07, 6.45) is 3.79. The van der Waals surface area contributed by atoms with Gasteiger partial charge >= 0.3 is 5.97 Å². The molecule has 2 aromatic rings. The van der Waals surface area contributed by atoms with E-state index in [1.807, 2.05) is 48.5 Å². The van der Waals surface area contributed by atoms with Gasteiger partial charge in [-0.1, -0.05) is 25.5 Å². The molecule has 1 aliphatic heterocycles. The summed E-state index contributed by atoms with van der Waals surface area (Å²) >= 11 is 0. The van der Waals surface area contributed by atoms with E-state index in [4.69, 9.17) is 14.2 Å². The molecular formula is C21H21NO4. The zero-order valence-electron chi connectivity index (χ0n) is 14.9. The van der Waals surface area contributed by atoms with Crippen molar-refractivity contribution in [3.05, 3.63) is 65.4 Å². The molecule has 0 aromatic heterocycles. The highest BCUT2D eigenvalue weighted by atomic mass is 16.6. The number of unbranched alkanes of at least 4 members (excludes halogenated alkanes) is 1. The highest BCUT2D eigenvalue weighted by Gasteiger charge is 2.24. The number of carbonyl (C=O) groups excluding carboxylic acids is 1. The molecule has 1 heterocycles. The summed E-state index contributed by atoms with van der Waals surface area (Å²) in [7, 11) is 1.60. The van der Waals surface area contributed by atoms with Crippen molar-refractivity contribution < 1.29 is 19.0 Å². The number of esters is 1. The molecule has 0 radical (unpaired) electrons. The number of rotatable bonds is 7. The fourth-order valence-corrected chi connectivity index (χ4v) is 2.45. The highest BCUT2D eigenvalue weighted by Crippen LogP contribution is 2.22. The van der Waals surface area contributed by atoms with E-state index in [1.54, 1.807) is 13.2 Å². The van der Waals surface area contributed by atoms with Crippen LogP contribution in [0.1, 0.15) is 30.9 Å². The molecule has 0 spiro atoms. The van der Waals surface area contributed by atoms with E-state index in [1.165, 1.54) is 0 Å². The number of nitrogens with zero attached hydrogens (tertiary/aromatic N) is 1. The smallest absolute Gasteiger partial charge is 0.363 e. The van der Waals surface area contributed by atoms with Gasteiger partial charge in [0.25, 0.3) is 0 Å². The highest BCUT2D eigenvalue weighted by molar-refractivity contribution is 6.12. The lowest BCUT2D eigenvalue weighted by atomic mass is 10.2. The normalized spacial score (nSPS) is 14.9. The summed E-state index contributed by atoms with van der Waals surface area (Å²) in [5, 5.41) is 0. The fraction of sp³-hybridized carbons (Fsp3) is 0.238. The molecule has 5 heteroatoms. The molecule has 0 saturated carbocycles. The van der Waals surface area contributed by atoms with Crippen LogP contribution in [-0.4, -0.2) is 25.6 Å². The molecule has 0 amide bonds. The second-order valence-electron chi connectivity index (χ2n) is 5.84. The summed E-state index contributed by atoms with van der Waals surface area (Å²) in [6, 6.07) is 14.8. The molecular weight excluding hydrogens is 330 g/mol. The minimum absolute atomic E-state index is 0.261. The quantitative estimate of drug-likeness (QED) is 0.426. The number of benzene rings is 2. The second kappa shape index (κ2) is 8.34. The largest absolute Gasteiger partial charge is 0.497 e. The Morgan fingerprint density at radius 2 is 1.92 bits per heavy atom. The molecule has 0 unspecified atom stereocenters. The van der Waals surface area contributed by atoms with Crippen molar-refractivity contribution in [2.45, 2.75) is 19.8 Å². The van der Waals surface area contributed by atoms with Crippen molar-refractivity contribution in [3.8, 4) is 11.5 Å². The van der Waals surface area contributed by atoms with Gasteiger partial charge < -0.3 is 14.2 Å². The number of cyclic esters (lactones) is 1. The van der Waals surface area contributed by atoms with Gasteiger partial charge in [0.2, 0.25) is 5.90 Å². The Kier molecular flexibility index (Phi) is 5.69. The first-order valence-corrected chi connectivity index (χ1v) is 8.59. The van der Waals surface area contributed by atoms with Crippen LogP contribution in [0.15, 0.2) is 59.2 Å². The molecule has 2 aromatic carbocycles. The van der Waals surface area contributed by atoms with E-state index in [0.717, 1.165) is 29.7 Å². The zero-order valence-corrected chi connectivity index (χ0v) is 14.9. The topological polar surface area (TPSA) is 57.1 Å². The average molecular weight is 351 g/mol. The van der Waals surface area contributed by atoms with Crippen LogP contribution in [0.3, 0.4) is 0 Å². The Morgan fingerprint density at radius 3 is 2.65 bits per heavy atom. The Hall–Kier alpha value is -3.08. The average Bonchev–Trinajstić information content (AvgIpc) is 3.03. The number of ether oxygens (including phenoxy) is 3. The van der Waals surface area contributed by atoms with Crippen molar-refractivity contribution in [1.29, 1.82) is 0 Å². The Bertz CT molecular complexity index is 837. The molecule has 5 nitrogen and oxygen atoms in total. The van der Waals surface area contributed by atoms with Crippen LogP contribution in [0.25, 0.3) is 6.08 Å². The van der Waals surface area contributed by atoms with E-state index in [2.05, 4.69) is 11.9 Å². The van der Waals surface area contributed by atoms with Gasteiger partial charge in [0.05, 0.1) is 13.7 Å². The molecule has 0 saturated heterocycles. The van der Waals surface area contributed by atoms with E-state index >= 15 is 0 Å². The van der Waals surface area contributed by atoms with Crippen molar-refractivity contribution in [3.63, 3.8) is 0 Å². The summed E-state index contributed by atoms with van der Waals surface area (Å²) in [6.45, 7) is 2.81. The Balaban J connectivity index is 1.76. The molecule has 0 bridgehead atoms. The van der Waals surface area contributed by atoms with E-state index < -0.39 is 5.97 Å². The summed E-state index contributed by atoms with van der Waals surface area (Å²) in [4.78, 5) is 16.4. The number of hydrogen-bond acceptors (Lipinski definition) is 5. The molecule has 0 atom stereocenters. The van der Waals surface area contributed by atoms with Gasteiger partial charge in [0.15, 0.2) is 5.70 Å². The monoisotopic (exact) mass is 351 g/mol. The van der Waals surface area contributed by atoms with Gasteiger partial charge in [-0.3, -0.25) is 0 Å². The predicted molar refractivity (Wildman–Crippen MR) is 100 cm³/mol. The molecule has 26 heavy (non-hydrogen) atoms. The molecule has 0 N–H and O–H groups in total. The zero-order chi connectivity index (χ0) is 18.4. The number of methoxy groups -OCH3 is 1. The fourth-order valence-electron chi connectivity index (χ4n) is 2.45. The van der Waals surface area contributed by atoms with Gasteiger partial charge in [0.1, 0.15) is 11.5 Å². The van der Waals surface area contributed by atoms with Crippen LogP contribution in [0.2, 0.25) is 0 Å². The van der Waals surface area contributed by atoms with Crippen molar-refractivity contribution in [1.82, 2.24) is 0 Å². The third-order valence-electron chi connectivity index (χ3n) is 3.89. The molecule has 134 valence electrons. The number of hydrogen-bond donors (Lipinski definition) is 0. The van der Waals surface area contributed by atoms with Crippen LogP contribution < -0.4 is 9.47 Å². The predicted octanol–water partition coefficient (Wildman–Crippen LogP) is 4.22. The number of carbonyl (C=O) groups is 1. The van der Waals surface area contributed by atoms with Gasteiger partial charge in [-0.05, 0) is 54.5 Å². The lowest BCUT2D eigenvalue weighted by molar-refractivity contribution is -0.129. The maximum atomic E-state index is 12.1. The van der Waals surface area contributed by atoms with Crippen molar-refractivity contribution in [2.24, 2.45) is 4.99 Å². The van der Waals surface area contributed by atoms with E-state index in [0.29, 0.717) is 18.3 Å². The summed E-state index contributed by atoms with van der Waals surface area (Å²) in [5.74, 6) is 1.34. The lowest BCUT2D eigenvalue weighted by Gasteiger charge is -2.05. The second-order valence-corrected chi connectivity index (χ2v) is 5.84. The third kappa shape index (κ3) is 4.30. The minimum atomic E-state index is -0.467. The maximum Gasteiger partial charge on any atom is 0.363 e. The SMILES string of the molecule is CCCCOc1ccc(C2=N/C(=C\c3cccc(OC)c3)C(=O)O2)cc1. The van der Waals surface area contributed by atoms with Crippen LogP contribution in [0.4, 0.5) is 0 Å². The molecule has 1 aliphatic rings. The van der Waals surface area contributed by atoms with Crippen molar-refractivity contribution in [2.75, 3.05) is 13.7 Å². The van der Waals surface area contributed by atoms with Gasteiger partial charge in [0, 0.05) is 5.56 Å². The molecule has 0 aliphatic carbocycles. The van der Waals surface area contributed by atoms with Crippen LogP contribution >= 0.6 is 0 Å². The van der Waals surface area contributed by atoms with Crippen LogP contribution in [-0.2, 0) is 9.53 Å². The number of aliphatic imine (C=N–C) groups is 1. The van der Waals surface area contributed by atoms with Crippen LogP contribution in [0.5, 0.6) is 11.5 Å². The first-order chi connectivity index (χ1) is 12.7. The Labute approximate surface area is 152 Å². The van der Waals surface area contributed by atoms with Gasteiger partial charge in [-0.2, -0.15) is 0 Å². The van der Waals surface area contributed by atoms with Crippen molar-refractivity contribution >= 4 is 17.9 Å². The van der Waals surface area contributed by atoms with E-state index in [9.17, 15) is 4.79 Å². The summed E-state index contributed by atoms with van der Waals surface area (Å²) in [5.41, 5.74) is 1.81. The minimum Gasteiger partial charge on any atom is -0.497 e. The van der Waals surface area contributed by atoms with Crippen LogP contribution in [0, 0.1) is 0 Å². The standard InChI is InChI=1S/C21H21NO4/c1-3-4-12-25-17-10-8-16(9-11-17)20-22-19(21(23)26-20)14-15-6-5-7-18(13-15)24-2/h5-11,13-14H,3-4,12H2,1-2H3/b19-14-. The van der Waals surface area contributed by atoms with E-state index in [-0.39, 0.29) is 5.70 Å². The van der Waals surface area contributed by atoms with Gasteiger partial charge in [-0.25, -0.2) is 9.79 Å². The third-order valence-corrected chi connectivity index (χ3v) is 3.89. The first kappa shape index (κ1) is 17.7. The molecule has 3 rings (SSSR count). The maximum absolute atomic E-state index is 12.1. The lowest BCUT2D eigenvalue weighted by Crippen LogP contribution is -2.05. The Morgan fingerprint density at radius 1 is 1.12 bits per heavy atom. The summed E-state index contributed by atoms with van der Waals surface area (Å²) < 4.78 is 16.1. The molecule has 0 fully saturated rings. The first-order valence-electron chi connectivity index (χ1n) is 8.59.